The number of hydrogen-bond donors (Lipinski definition) is 2. The summed E-state index contributed by atoms with van der Waals surface area (Å²) in [6, 6.07) is 8.42. The molecule has 18 heavy (non-hydrogen) atoms. The molecule has 0 amide bonds. The minimum absolute atomic E-state index is 0.181. The number of nitrogens with one attached hydrogen (secondary N) is 1. The molecule has 0 spiro atoms. The monoisotopic (exact) mass is 248 g/mol. The first-order valence-electron chi connectivity index (χ1n) is 6.01. The lowest BCUT2D eigenvalue weighted by molar-refractivity contribution is 0.270. The fourth-order valence-electron chi connectivity index (χ4n) is 1.89. The third-order valence-corrected chi connectivity index (χ3v) is 2.89. The highest BCUT2D eigenvalue weighted by Crippen LogP contribution is 2.22. The van der Waals surface area contributed by atoms with Crippen molar-refractivity contribution in [2.24, 2.45) is 5.73 Å². The lowest BCUT2D eigenvalue weighted by atomic mass is 9.99. The van der Waals surface area contributed by atoms with Crippen molar-refractivity contribution in [3.63, 3.8) is 0 Å². The Labute approximate surface area is 106 Å². The Morgan fingerprint density at radius 3 is 2.78 bits per heavy atom. The molecule has 3 N–H and O–H groups in total. The van der Waals surface area contributed by atoms with Crippen LogP contribution in [0, 0.1) is 5.82 Å². The molecular formula is C14H17FN2O. The van der Waals surface area contributed by atoms with Crippen molar-refractivity contribution in [1.82, 2.24) is 4.98 Å². The van der Waals surface area contributed by atoms with Gasteiger partial charge in [0.1, 0.15) is 0 Å². The zero-order valence-electron chi connectivity index (χ0n) is 10.1. The van der Waals surface area contributed by atoms with E-state index in [-0.39, 0.29) is 17.5 Å². The SMILES string of the molecule is NCCC(COc1ccccc1F)c1cc[nH]c1. The van der Waals surface area contributed by atoms with Gasteiger partial charge >= 0.3 is 0 Å². The van der Waals surface area contributed by atoms with Crippen LogP contribution in [0.5, 0.6) is 5.75 Å². The lowest BCUT2D eigenvalue weighted by Gasteiger charge is -2.16. The Kier molecular flexibility index (Phi) is 4.36. The van der Waals surface area contributed by atoms with Gasteiger partial charge in [0.05, 0.1) is 6.61 Å². The summed E-state index contributed by atoms with van der Waals surface area (Å²) in [6.07, 6.45) is 4.60. The Balaban J connectivity index is 2.00. The summed E-state index contributed by atoms with van der Waals surface area (Å²) in [5, 5.41) is 0. The molecule has 2 aromatic rings. The maximum Gasteiger partial charge on any atom is 0.165 e. The van der Waals surface area contributed by atoms with Crippen LogP contribution in [0.4, 0.5) is 4.39 Å². The number of aromatic amines is 1. The van der Waals surface area contributed by atoms with Gasteiger partial charge in [0.2, 0.25) is 0 Å². The number of nitrogens with two attached hydrogens (primary N) is 1. The van der Waals surface area contributed by atoms with E-state index in [1.165, 1.54) is 6.07 Å². The van der Waals surface area contributed by atoms with E-state index in [1.807, 2.05) is 18.5 Å². The predicted octanol–water partition coefficient (Wildman–Crippen LogP) is 2.67. The largest absolute Gasteiger partial charge is 0.490 e. The molecule has 1 unspecified atom stereocenters. The number of aromatic nitrogens is 1. The quantitative estimate of drug-likeness (QED) is 0.825. The van der Waals surface area contributed by atoms with Gasteiger partial charge in [-0.2, -0.15) is 0 Å². The predicted molar refractivity (Wildman–Crippen MR) is 69.1 cm³/mol. The van der Waals surface area contributed by atoms with Crippen molar-refractivity contribution in [1.29, 1.82) is 0 Å². The van der Waals surface area contributed by atoms with Gasteiger partial charge in [-0.05, 0) is 36.7 Å². The number of para-hydroxylation sites is 1. The molecule has 0 saturated carbocycles. The van der Waals surface area contributed by atoms with Crippen LogP contribution in [0.2, 0.25) is 0 Å². The van der Waals surface area contributed by atoms with Crippen molar-refractivity contribution < 1.29 is 9.13 Å². The van der Waals surface area contributed by atoms with E-state index in [9.17, 15) is 4.39 Å². The van der Waals surface area contributed by atoms with Crippen LogP contribution in [0.25, 0.3) is 0 Å². The molecule has 2 rings (SSSR count). The number of H-pyrrole nitrogens is 1. The van der Waals surface area contributed by atoms with E-state index < -0.39 is 0 Å². The molecule has 1 aromatic heterocycles. The standard InChI is InChI=1S/C14H17FN2O/c15-13-3-1-2-4-14(13)18-10-12(5-7-16)11-6-8-17-9-11/h1-4,6,8-9,12,17H,5,7,10,16H2. The number of hydrogen-bond acceptors (Lipinski definition) is 2. The van der Waals surface area contributed by atoms with E-state index in [1.54, 1.807) is 18.2 Å². The minimum atomic E-state index is -0.335. The summed E-state index contributed by atoms with van der Waals surface area (Å²) in [4.78, 5) is 3.01. The summed E-state index contributed by atoms with van der Waals surface area (Å²) in [7, 11) is 0. The molecule has 1 heterocycles. The van der Waals surface area contributed by atoms with Crippen molar-refractivity contribution in [2.75, 3.05) is 13.2 Å². The Bertz CT molecular complexity index is 470. The summed E-state index contributed by atoms with van der Waals surface area (Å²) in [5.41, 5.74) is 6.73. The van der Waals surface area contributed by atoms with Gasteiger partial charge < -0.3 is 15.5 Å². The van der Waals surface area contributed by atoms with Gasteiger partial charge in [-0.15, -0.1) is 0 Å². The van der Waals surface area contributed by atoms with Crippen LogP contribution >= 0.6 is 0 Å². The smallest absolute Gasteiger partial charge is 0.165 e. The third-order valence-electron chi connectivity index (χ3n) is 2.89. The molecule has 0 aliphatic rings. The lowest BCUT2D eigenvalue weighted by Crippen LogP contribution is -2.14. The number of benzene rings is 1. The minimum Gasteiger partial charge on any atom is -0.490 e. The zero-order chi connectivity index (χ0) is 12.8. The molecule has 4 heteroatoms. The van der Waals surface area contributed by atoms with Crippen molar-refractivity contribution in [2.45, 2.75) is 12.3 Å². The molecule has 96 valence electrons. The van der Waals surface area contributed by atoms with Gasteiger partial charge in [0, 0.05) is 18.3 Å². The summed E-state index contributed by atoms with van der Waals surface area (Å²) in [6.45, 7) is 1.01. The van der Waals surface area contributed by atoms with Crippen LogP contribution < -0.4 is 10.5 Å². The molecule has 0 fully saturated rings. The van der Waals surface area contributed by atoms with E-state index in [0.717, 1.165) is 12.0 Å². The highest BCUT2D eigenvalue weighted by molar-refractivity contribution is 5.24. The molecule has 0 aliphatic heterocycles. The van der Waals surface area contributed by atoms with Crippen molar-refractivity contribution in [3.8, 4) is 5.75 Å². The fourth-order valence-corrected chi connectivity index (χ4v) is 1.89. The van der Waals surface area contributed by atoms with Gasteiger partial charge in [0.15, 0.2) is 11.6 Å². The Morgan fingerprint density at radius 2 is 2.11 bits per heavy atom. The van der Waals surface area contributed by atoms with Crippen molar-refractivity contribution in [3.05, 3.63) is 54.1 Å². The number of halogens is 1. The average Bonchev–Trinajstić information content (AvgIpc) is 2.90. The van der Waals surface area contributed by atoms with E-state index in [2.05, 4.69) is 4.98 Å². The molecule has 0 saturated heterocycles. The molecular weight excluding hydrogens is 231 g/mol. The first-order chi connectivity index (χ1) is 8.81. The summed E-state index contributed by atoms with van der Waals surface area (Å²) >= 11 is 0. The second-order valence-corrected chi connectivity index (χ2v) is 4.16. The van der Waals surface area contributed by atoms with Crippen LogP contribution in [0.15, 0.2) is 42.7 Å². The maximum absolute atomic E-state index is 13.4. The van der Waals surface area contributed by atoms with Gasteiger partial charge in [-0.1, -0.05) is 12.1 Å². The molecule has 1 atom stereocenters. The topological polar surface area (TPSA) is 51.0 Å². The second kappa shape index (κ2) is 6.21. The Hall–Kier alpha value is -1.81. The highest BCUT2D eigenvalue weighted by Gasteiger charge is 2.13. The van der Waals surface area contributed by atoms with E-state index in [4.69, 9.17) is 10.5 Å². The summed E-state index contributed by atoms with van der Waals surface area (Å²) < 4.78 is 18.9. The molecule has 0 aliphatic carbocycles. The second-order valence-electron chi connectivity index (χ2n) is 4.16. The maximum atomic E-state index is 13.4. The average molecular weight is 248 g/mol. The van der Waals surface area contributed by atoms with E-state index in [0.29, 0.717) is 13.2 Å². The van der Waals surface area contributed by atoms with Gasteiger partial charge in [-0.3, -0.25) is 0 Å². The van der Waals surface area contributed by atoms with Crippen LogP contribution in [-0.2, 0) is 0 Å². The molecule has 1 aromatic carbocycles. The fraction of sp³-hybridized carbons (Fsp3) is 0.286. The molecule has 0 bridgehead atoms. The normalized spacial score (nSPS) is 12.3. The molecule has 0 radical (unpaired) electrons. The van der Waals surface area contributed by atoms with Gasteiger partial charge in [-0.25, -0.2) is 4.39 Å². The van der Waals surface area contributed by atoms with Crippen LogP contribution in [0.1, 0.15) is 17.9 Å². The zero-order valence-corrected chi connectivity index (χ0v) is 10.1. The van der Waals surface area contributed by atoms with E-state index >= 15 is 0 Å². The highest BCUT2D eigenvalue weighted by atomic mass is 19.1. The number of ether oxygens (including phenoxy) is 1. The van der Waals surface area contributed by atoms with Crippen LogP contribution in [-0.4, -0.2) is 18.1 Å². The van der Waals surface area contributed by atoms with Crippen molar-refractivity contribution >= 4 is 0 Å². The molecule has 3 nitrogen and oxygen atoms in total. The Morgan fingerprint density at radius 1 is 1.28 bits per heavy atom. The van der Waals surface area contributed by atoms with Crippen LogP contribution in [0.3, 0.4) is 0 Å². The first-order valence-corrected chi connectivity index (χ1v) is 6.01. The third kappa shape index (κ3) is 3.11. The first kappa shape index (κ1) is 12.6. The summed E-state index contributed by atoms with van der Waals surface area (Å²) in [5.74, 6) is 0.133. The number of rotatable bonds is 6. The van der Waals surface area contributed by atoms with Gasteiger partial charge in [0.25, 0.3) is 0 Å².